The predicted molar refractivity (Wildman–Crippen MR) is 135 cm³/mol. The molecule has 1 saturated heterocycles. The fourth-order valence-corrected chi connectivity index (χ4v) is 4.78. The van der Waals surface area contributed by atoms with Gasteiger partial charge in [0.15, 0.2) is 5.11 Å². The fourth-order valence-electron chi connectivity index (χ4n) is 4.26. The van der Waals surface area contributed by atoms with Gasteiger partial charge in [0.05, 0.1) is 24.5 Å². The highest BCUT2D eigenvalue weighted by molar-refractivity contribution is 7.80. The van der Waals surface area contributed by atoms with Gasteiger partial charge in [-0.15, -0.1) is 0 Å². The average Bonchev–Trinajstić information content (AvgIpc) is 3.46. The van der Waals surface area contributed by atoms with Crippen LogP contribution in [0.15, 0.2) is 83.4 Å². The van der Waals surface area contributed by atoms with E-state index in [-0.39, 0.29) is 12.1 Å². The Morgan fingerprint density at radius 2 is 1.85 bits per heavy atom. The van der Waals surface area contributed by atoms with Crippen molar-refractivity contribution in [1.29, 1.82) is 0 Å². The molecule has 5 rings (SSSR count). The third kappa shape index (κ3) is 3.86. The Morgan fingerprint density at radius 3 is 2.64 bits per heavy atom. The molecule has 2 atom stereocenters. The molecule has 33 heavy (non-hydrogen) atoms. The summed E-state index contributed by atoms with van der Waals surface area (Å²) in [5.41, 5.74) is 3.67. The summed E-state index contributed by atoms with van der Waals surface area (Å²) in [7, 11) is 1.66. The molecule has 7 heteroatoms. The lowest BCUT2D eigenvalue weighted by molar-refractivity contribution is 0.409. The largest absolute Gasteiger partial charge is 0.495 e. The van der Waals surface area contributed by atoms with Gasteiger partial charge in [0.1, 0.15) is 23.3 Å². The first-order valence-corrected chi connectivity index (χ1v) is 11.4. The number of rotatable bonds is 5. The zero-order valence-electron chi connectivity index (χ0n) is 18.2. The number of nitrogens with one attached hydrogen (secondary N) is 1. The zero-order chi connectivity index (χ0) is 22.9. The summed E-state index contributed by atoms with van der Waals surface area (Å²) in [6.07, 6.45) is 1.78. The van der Waals surface area contributed by atoms with Crippen LogP contribution in [0.5, 0.6) is 5.75 Å². The van der Waals surface area contributed by atoms with E-state index in [4.69, 9.17) is 33.0 Å². The van der Waals surface area contributed by atoms with Gasteiger partial charge in [0.2, 0.25) is 0 Å². The van der Waals surface area contributed by atoms with Crippen LogP contribution in [0.1, 0.15) is 29.1 Å². The SMILES string of the molecule is COc1ccccc1N1C(=S)N[C@H](c2ccccn2)[C@@H]1c1ccc(-c2cccc(Cl)c2C)o1. The molecule has 0 unspecified atom stereocenters. The van der Waals surface area contributed by atoms with Crippen molar-refractivity contribution in [3.8, 4) is 17.1 Å². The summed E-state index contributed by atoms with van der Waals surface area (Å²) in [6.45, 7) is 1.99. The normalized spacial score (nSPS) is 17.8. The monoisotopic (exact) mass is 475 g/mol. The lowest BCUT2D eigenvalue weighted by Crippen LogP contribution is -2.29. The second kappa shape index (κ2) is 8.89. The molecule has 1 N–H and O–H groups in total. The van der Waals surface area contributed by atoms with Gasteiger partial charge in [-0.2, -0.15) is 0 Å². The van der Waals surface area contributed by atoms with E-state index in [1.165, 1.54) is 0 Å². The Hall–Kier alpha value is -3.35. The third-order valence-corrected chi connectivity index (χ3v) is 6.62. The first kappa shape index (κ1) is 21.5. The minimum atomic E-state index is -0.267. The maximum atomic E-state index is 6.45. The van der Waals surface area contributed by atoms with E-state index >= 15 is 0 Å². The highest BCUT2D eigenvalue weighted by Crippen LogP contribution is 2.45. The first-order chi connectivity index (χ1) is 16.1. The van der Waals surface area contributed by atoms with Crippen molar-refractivity contribution in [2.24, 2.45) is 0 Å². The number of anilines is 1. The first-order valence-electron chi connectivity index (χ1n) is 10.6. The smallest absolute Gasteiger partial charge is 0.174 e. The maximum absolute atomic E-state index is 6.45. The number of furan rings is 1. The molecule has 0 bridgehead atoms. The lowest BCUT2D eigenvalue weighted by Gasteiger charge is -2.27. The standard InChI is InChI=1S/C26H22ClN3O2S/c1-16-17(8-7-9-18(16)27)21-13-14-23(32-21)25-24(19-10-5-6-15-28-19)29-26(33)30(25)20-11-3-4-12-22(20)31-2/h3-15,24-25H,1-2H3,(H,29,33)/t24-,25+/m1/s1. The fraction of sp³-hybridized carbons (Fsp3) is 0.154. The molecular weight excluding hydrogens is 454 g/mol. The van der Waals surface area contributed by atoms with Crippen LogP contribution < -0.4 is 15.0 Å². The van der Waals surface area contributed by atoms with Gasteiger partial charge in [-0.3, -0.25) is 4.98 Å². The minimum absolute atomic E-state index is 0.205. The van der Waals surface area contributed by atoms with Gasteiger partial charge in [-0.05, 0) is 67.2 Å². The Kier molecular flexibility index (Phi) is 5.79. The Balaban J connectivity index is 1.64. The van der Waals surface area contributed by atoms with Crippen LogP contribution in [0, 0.1) is 6.92 Å². The second-order valence-electron chi connectivity index (χ2n) is 7.78. The molecule has 0 amide bonds. The summed E-state index contributed by atoms with van der Waals surface area (Å²) in [6, 6.07) is 23.0. The molecule has 0 radical (unpaired) electrons. The Bertz CT molecular complexity index is 1310. The van der Waals surface area contributed by atoms with E-state index in [2.05, 4.69) is 10.3 Å². The van der Waals surface area contributed by atoms with E-state index in [1.807, 2.05) is 84.6 Å². The highest BCUT2D eigenvalue weighted by atomic mass is 35.5. The molecule has 0 spiro atoms. The van der Waals surface area contributed by atoms with Crippen molar-refractivity contribution in [3.05, 3.63) is 101 Å². The quantitative estimate of drug-likeness (QED) is 0.333. The summed E-state index contributed by atoms with van der Waals surface area (Å²) < 4.78 is 12.1. The van der Waals surface area contributed by atoms with Gasteiger partial charge < -0.3 is 19.4 Å². The number of aromatic nitrogens is 1. The highest BCUT2D eigenvalue weighted by Gasteiger charge is 2.43. The molecule has 1 aliphatic heterocycles. The van der Waals surface area contributed by atoms with E-state index in [1.54, 1.807) is 13.3 Å². The van der Waals surface area contributed by atoms with E-state index < -0.39 is 0 Å². The van der Waals surface area contributed by atoms with Crippen LogP contribution in [-0.2, 0) is 0 Å². The molecule has 2 aromatic heterocycles. The molecule has 2 aromatic carbocycles. The van der Waals surface area contributed by atoms with Gasteiger partial charge in [0, 0.05) is 16.8 Å². The van der Waals surface area contributed by atoms with Gasteiger partial charge in [-0.25, -0.2) is 0 Å². The number of nitrogens with zero attached hydrogens (tertiary/aromatic N) is 2. The van der Waals surface area contributed by atoms with Crippen LogP contribution in [0.25, 0.3) is 11.3 Å². The summed E-state index contributed by atoms with van der Waals surface area (Å²) in [5.74, 6) is 2.24. The summed E-state index contributed by atoms with van der Waals surface area (Å²) >= 11 is 12.2. The zero-order valence-corrected chi connectivity index (χ0v) is 19.7. The van der Waals surface area contributed by atoms with Gasteiger partial charge >= 0.3 is 0 Å². The average molecular weight is 476 g/mol. The van der Waals surface area contributed by atoms with Crippen LogP contribution >= 0.6 is 23.8 Å². The number of hydrogen-bond donors (Lipinski definition) is 1. The lowest BCUT2D eigenvalue weighted by atomic mass is 10.0. The van der Waals surface area contributed by atoms with Crippen LogP contribution in [0.2, 0.25) is 5.02 Å². The number of benzene rings is 2. The number of halogens is 1. The molecule has 3 heterocycles. The summed E-state index contributed by atoms with van der Waals surface area (Å²) in [5, 5.41) is 4.73. The van der Waals surface area contributed by atoms with Crippen molar-refractivity contribution in [3.63, 3.8) is 0 Å². The number of pyridine rings is 1. The van der Waals surface area contributed by atoms with Crippen LogP contribution in [-0.4, -0.2) is 17.2 Å². The van der Waals surface area contributed by atoms with Gasteiger partial charge in [0.25, 0.3) is 0 Å². The van der Waals surface area contributed by atoms with Crippen molar-refractivity contribution < 1.29 is 9.15 Å². The predicted octanol–water partition coefficient (Wildman–Crippen LogP) is 6.49. The van der Waals surface area contributed by atoms with E-state index in [0.29, 0.717) is 10.1 Å². The molecule has 0 aliphatic carbocycles. The molecule has 1 aliphatic rings. The Labute approximate surface area is 203 Å². The van der Waals surface area contributed by atoms with Crippen molar-refractivity contribution >= 4 is 34.6 Å². The molecule has 166 valence electrons. The molecule has 0 saturated carbocycles. The van der Waals surface area contributed by atoms with Crippen molar-refractivity contribution in [1.82, 2.24) is 10.3 Å². The molecule has 1 fully saturated rings. The number of methoxy groups -OCH3 is 1. The number of thiocarbonyl (C=S) groups is 1. The molecular formula is C26H22ClN3O2S. The van der Waals surface area contributed by atoms with Crippen LogP contribution in [0.4, 0.5) is 5.69 Å². The third-order valence-electron chi connectivity index (χ3n) is 5.89. The van der Waals surface area contributed by atoms with Crippen LogP contribution in [0.3, 0.4) is 0 Å². The minimum Gasteiger partial charge on any atom is -0.495 e. The van der Waals surface area contributed by atoms with Gasteiger partial charge in [-0.1, -0.05) is 41.9 Å². The maximum Gasteiger partial charge on any atom is 0.174 e. The van der Waals surface area contributed by atoms with E-state index in [0.717, 1.165) is 39.8 Å². The number of para-hydroxylation sites is 2. The summed E-state index contributed by atoms with van der Waals surface area (Å²) in [4.78, 5) is 6.64. The Morgan fingerprint density at radius 1 is 1.03 bits per heavy atom. The number of ether oxygens (including phenoxy) is 1. The topological polar surface area (TPSA) is 50.5 Å². The van der Waals surface area contributed by atoms with Crippen molar-refractivity contribution in [2.45, 2.75) is 19.0 Å². The number of hydrogen-bond acceptors (Lipinski definition) is 4. The molecule has 5 nitrogen and oxygen atoms in total. The molecule has 4 aromatic rings. The van der Waals surface area contributed by atoms with Crippen molar-refractivity contribution in [2.75, 3.05) is 12.0 Å². The second-order valence-corrected chi connectivity index (χ2v) is 8.58. The van der Waals surface area contributed by atoms with E-state index in [9.17, 15) is 0 Å².